The molecule has 18 heavy (non-hydrogen) atoms. The molecular weight excluding hydrogens is 248 g/mol. The SMILES string of the molecule is N#Cc1ccc(Oc2ccc(C#N)c(Cl)c2)cc1. The second kappa shape index (κ2) is 5.23. The lowest BCUT2D eigenvalue weighted by Crippen LogP contribution is -1.86. The number of nitriles is 2. The molecule has 0 N–H and O–H groups in total. The molecule has 0 aliphatic heterocycles. The number of rotatable bonds is 2. The van der Waals surface area contributed by atoms with Crippen LogP contribution in [0.4, 0.5) is 0 Å². The van der Waals surface area contributed by atoms with Crippen molar-refractivity contribution in [1.82, 2.24) is 0 Å². The first-order valence-corrected chi connectivity index (χ1v) is 5.48. The van der Waals surface area contributed by atoms with Crippen LogP contribution in [-0.2, 0) is 0 Å². The number of benzene rings is 2. The highest BCUT2D eigenvalue weighted by Crippen LogP contribution is 2.26. The fourth-order valence-corrected chi connectivity index (χ4v) is 1.60. The average Bonchev–Trinajstić information content (AvgIpc) is 2.40. The van der Waals surface area contributed by atoms with Crippen molar-refractivity contribution >= 4 is 11.6 Å². The molecule has 4 heteroatoms. The van der Waals surface area contributed by atoms with Gasteiger partial charge < -0.3 is 4.74 Å². The van der Waals surface area contributed by atoms with Gasteiger partial charge in [-0.3, -0.25) is 0 Å². The van der Waals surface area contributed by atoms with E-state index in [9.17, 15) is 0 Å². The highest BCUT2D eigenvalue weighted by atomic mass is 35.5. The Bertz CT molecular complexity index is 651. The lowest BCUT2D eigenvalue weighted by molar-refractivity contribution is 0.482. The molecule has 0 aliphatic carbocycles. The van der Waals surface area contributed by atoms with Crippen molar-refractivity contribution in [3.8, 4) is 23.6 Å². The zero-order chi connectivity index (χ0) is 13.0. The number of ether oxygens (including phenoxy) is 1. The molecule has 0 saturated carbocycles. The Labute approximate surface area is 109 Å². The smallest absolute Gasteiger partial charge is 0.129 e. The molecule has 0 aliphatic rings. The summed E-state index contributed by atoms with van der Waals surface area (Å²) in [5, 5.41) is 17.8. The van der Waals surface area contributed by atoms with E-state index >= 15 is 0 Å². The van der Waals surface area contributed by atoms with E-state index in [1.807, 2.05) is 12.1 Å². The van der Waals surface area contributed by atoms with Gasteiger partial charge in [0.25, 0.3) is 0 Å². The van der Waals surface area contributed by atoms with E-state index in [0.717, 1.165) is 0 Å². The Kier molecular flexibility index (Phi) is 3.48. The van der Waals surface area contributed by atoms with Gasteiger partial charge in [-0.15, -0.1) is 0 Å². The van der Waals surface area contributed by atoms with Crippen molar-refractivity contribution in [2.45, 2.75) is 0 Å². The van der Waals surface area contributed by atoms with Crippen molar-refractivity contribution in [2.75, 3.05) is 0 Å². The van der Waals surface area contributed by atoms with Crippen LogP contribution in [0.5, 0.6) is 11.5 Å². The molecule has 0 radical (unpaired) electrons. The van der Waals surface area contributed by atoms with Crippen molar-refractivity contribution in [3.05, 3.63) is 58.6 Å². The van der Waals surface area contributed by atoms with Gasteiger partial charge in [-0.2, -0.15) is 10.5 Å². The summed E-state index contributed by atoms with van der Waals surface area (Å²) in [6, 6.07) is 15.6. The van der Waals surface area contributed by atoms with Crippen LogP contribution in [0.25, 0.3) is 0 Å². The van der Waals surface area contributed by atoms with Gasteiger partial charge in [-0.25, -0.2) is 0 Å². The predicted octanol–water partition coefficient (Wildman–Crippen LogP) is 3.88. The summed E-state index contributed by atoms with van der Waals surface area (Å²) in [4.78, 5) is 0. The molecule has 2 rings (SSSR count). The van der Waals surface area contributed by atoms with Crippen LogP contribution in [0.2, 0.25) is 5.02 Å². The Hall–Kier alpha value is -2.49. The minimum absolute atomic E-state index is 0.351. The third-order valence-corrected chi connectivity index (χ3v) is 2.59. The van der Waals surface area contributed by atoms with Crippen LogP contribution in [0.1, 0.15) is 11.1 Å². The van der Waals surface area contributed by atoms with Crippen molar-refractivity contribution in [1.29, 1.82) is 10.5 Å². The van der Waals surface area contributed by atoms with Crippen LogP contribution in [0.3, 0.4) is 0 Å². The first-order valence-electron chi connectivity index (χ1n) is 5.10. The summed E-state index contributed by atoms with van der Waals surface area (Å²) in [7, 11) is 0. The number of hydrogen-bond donors (Lipinski definition) is 0. The monoisotopic (exact) mass is 254 g/mol. The Balaban J connectivity index is 2.21. The Morgan fingerprint density at radius 2 is 1.56 bits per heavy atom. The van der Waals surface area contributed by atoms with E-state index < -0.39 is 0 Å². The number of hydrogen-bond acceptors (Lipinski definition) is 3. The summed E-state index contributed by atoms with van der Waals surface area (Å²) in [6.07, 6.45) is 0. The van der Waals surface area contributed by atoms with Crippen molar-refractivity contribution in [2.24, 2.45) is 0 Å². The molecule has 2 aromatic carbocycles. The molecular formula is C14H7ClN2O. The number of halogens is 1. The van der Waals surface area contributed by atoms with E-state index in [0.29, 0.717) is 27.6 Å². The summed E-state index contributed by atoms with van der Waals surface area (Å²) in [5.41, 5.74) is 0.976. The van der Waals surface area contributed by atoms with Crippen LogP contribution >= 0.6 is 11.6 Å². The molecule has 0 spiro atoms. The van der Waals surface area contributed by atoms with Crippen LogP contribution in [0, 0.1) is 22.7 Å². The molecule has 0 atom stereocenters. The molecule has 0 amide bonds. The predicted molar refractivity (Wildman–Crippen MR) is 67.4 cm³/mol. The quantitative estimate of drug-likeness (QED) is 0.817. The van der Waals surface area contributed by atoms with Gasteiger partial charge in [0.2, 0.25) is 0 Å². The molecule has 0 fully saturated rings. The Morgan fingerprint density at radius 3 is 2.11 bits per heavy atom. The second-order valence-corrected chi connectivity index (χ2v) is 3.90. The number of nitrogens with zero attached hydrogens (tertiary/aromatic N) is 2. The van der Waals surface area contributed by atoms with E-state index in [1.165, 1.54) is 0 Å². The Morgan fingerprint density at radius 1 is 0.889 bits per heavy atom. The van der Waals surface area contributed by atoms with Gasteiger partial charge in [0, 0.05) is 6.07 Å². The molecule has 0 unspecified atom stereocenters. The van der Waals surface area contributed by atoms with E-state index in [1.54, 1.807) is 42.5 Å². The largest absolute Gasteiger partial charge is 0.457 e. The fourth-order valence-electron chi connectivity index (χ4n) is 1.38. The third kappa shape index (κ3) is 2.60. The zero-order valence-electron chi connectivity index (χ0n) is 9.22. The van der Waals surface area contributed by atoms with Crippen molar-refractivity contribution < 1.29 is 4.74 Å². The fraction of sp³-hybridized carbons (Fsp3) is 0. The van der Waals surface area contributed by atoms with Gasteiger partial charge in [0.1, 0.15) is 17.6 Å². The second-order valence-electron chi connectivity index (χ2n) is 3.49. The normalized spacial score (nSPS) is 9.28. The topological polar surface area (TPSA) is 56.8 Å². The van der Waals surface area contributed by atoms with Gasteiger partial charge in [0.05, 0.1) is 22.2 Å². The zero-order valence-corrected chi connectivity index (χ0v) is 9.98. The summed E-state index contributed by atoms with van der Waals surface area (Å²) in [5.74, 6) is 1.15. The average molecular weight is 255 g/mol. The molecule has 0 bridgehead atoms. The molecule has 0 heterocycles. The van der Waals surface area contributed by atoms with E-state index in [2.05, 4.69) is 0 Å². The van der Waals surface area contributed by atoms with Crippen LogP contribution in [0.15, 0.2) is 42.5 Å². The molecule has 3 nitrogen and oxygen atoms in total. The molecule has 86 valence electrons. The molecule has 0 aromatic heterocycles. The summed E-state index contributed by atoms with van der Waals surface area (Å²) < 4.78 is 5.55. The maximum absolute atomic E-state index is 8.75. The lowest BCUT2D eigenvalue weighted by Gasteiger charge is -2.06. The van der Waals surface area contributed by atoms with Crippen molar-refractivity contribution in [3.63, 3.8) is 0 Å². The first kappa shape index (κ1) is 12.0. The van der Waals surface area contributed by atoms with E-state index in [4.69, 9.17) is 26.9 Å². The summed E-state index contributed by atoms with van der Waals surface area (Å²) >= 11 is 5.90. The van der Waals surface area contributed by atoms with Gasteiger partial charge in [-0.05, 0) is 36.4 Å². The minimum atomic E-state index is 0.351. The van der Waals surface area contributed by atoms with Gasteiger partial charge in [0.15, 0.2) is 0 Å². The maximum atomic E-state index is 8.75. The highest BCUT2D eigenvalue weighted by Gasteiger charge is 2.03. The van der Waals surface area contributed by atoms with Crippen LogP contribution in [-0.4, -0.2) is 0 Å². The maximum Gasteiger partial charge on any atom is 0.129 e. The standard InChI is InChI=1S/C14H7ClN2O/c15-14-7-13(6-3-11(14)9-17)18-12-4-1-10(8-16)2-5-12/h1-7H. The van der Waals surface area contributed by atoms with Crippen LogP contribution < -0.4 is 4.74 Å². The first-order chi connectivity index (χ1) is 8.72. The van der Waals surface area contributed by atoms with Gasteiger partial charge in [-0.1, -0.05) is 11.6 Å². The highest BCUT2D eigenvalue weighted by molar-refractivity contribution is 6.31. The van der Waals surface area contributed by atoms with Gasteiger partial charge >= 0.3 is 0 Å². The lowest BCUT2D eigenvalue weighted by atomic mass is 10.2. The minimum Gasteiger partial charge on any atom is -0.457 e. The summed E-state index contributed by atoms with van der Waals surface area (Å²) in [6.45, 7) is 0. The molecule has 0 saturated heterocycles. The van der Waals surface area contributed by atoms with E-state index in [-0.39, 0.29) is 0 Å². The molecule has 2 aromatic rings. The third-order valence-electron chi connectivity index (χ3n) is 2.28.